The van der Waals surface area contributed by atoms with Gasteiger partial charge in [-0.1, -0.05) is 0 Å². The minimum Gasteiger partial charge on any atom is -0.396 e. The number of rotatable bonds is 3. The lowest BCUT2D eigenvalue weighted by atomic mass is 10.1. The minimum atomic E-state index is -4.74. The van der Waals surface area contributed by atoms with E-state index in [2.05, 4.69) is 5.10 Å². The molecule has 3 nitrogen and oxygen atoms in total. The fourth-order valence-electron chi connectivity index (χ4n) is 0.923. The highest BCUT2D eigenvalue weighted by molar-refractivity contribution is 5.15. The second-order valence-electron chi connectivity index (χ2n) is 2.84. The Labute approximate surface area is 80.9 Å². The van der Waals surface area contributed by atoms with E-state index in [1.165, 1.54) is 5.10 Å². The van der Waals surface area contributed by atoms with Gasteiger partial charge in [0.1, 0.15) is 11.4 Å². The van der Waals surface area contributed by atoms with E-state index in [1.54, 1.807) is 0 Å². The van der Waals surface area contributed by atoms with Crippen LogP contribution in [0.25, 0.3) is 0 Å². The summed E-state index contributed by atoms with van der Waals surface area (Å²) in [7, 11) is 0. The molecule has 86 valence electrons. The van der Waals surface area contributed by atoms with Crippen molar-refractivity contribution >= 4 is 0 Å². The van der Waals surface area contributed by atoms with Gasteiger partial charge in [0, 0.05) is 13.0 Å². The lowest BCUT2D eigenvalue weighted by Gasteiger charge is -2.10. The predicted molar refractivity (Wildman–Crippen MR) is 39.2 cm³/mol. The number of H-pyrrole nitrogens is 1. The number of aliphatic hydroxyl groups is 1. The number of aliphatic hydroxyl groups excluding tert-OH is 1. The second kappa shape index (κ2) is 3.76. The Kier molecular flexibility index (Phi) is 2.98. The molecule has 1 rings (SSSR count). The van der Waals surface area contributed by atoms with Gasteiger partial charge in [0.25, 0.3) is 5.92 Å². The first-order valence-corrected chi connectivity index (χ1v) is 3.89. The third-order valence-corrected chi connectivity index (χ3v) is 1.68. The first-order valence-electron chi connectivity index (χ1n) is 3.89. The van der Waals surface area contributed by atoms with Crippen molar-refractivity contribution in [3.05, 3.63) is 17.5 Å². The molecule has 0 saturated carbocycles. The first kappa shape index (κ1) is 11.9. The number of nitrogens with one attached hydrogen (secondary N) is 1. The number of aromatic amines is 1. The molecule has 0 aliphatic heterocycles. The van der Waals surface area contributed by atoms with Crippen LogP contribution in [-0.4, -0.2) is 21.9 Å². The van der Waals surface area contributed by atoms with Gasteiger partial charge in [0.05, 0.1) is 0 Å². The number of halogens is 5. The van der Waals surface area contributed by atoms with Crippen molar-refractivity contribution in [3.8, 4) is 0 Å². The SMILES string of the molecule is OCCC(F)(F)c1cc(C(F)(F)F)[nH]n1. The zero-order valence-corrected chi connectivity index (χ0v) is 7.28. The summed E-state index contributed by atoms with van der Waals surface area (Å²) in [6, 6.07) is 0.232. The number of hydrogen-bond acceptors (Lipinski definition) is 2. The van der Waals surface area contributed by atoms with Gasteiger partial charge in [-0.3, -0.25) is 5.10 Å². The lowest BCUT2D eigenvalue weighted by molar-refractivity contribution is -0.141. The first-order chi connectivity index (χ1) is 6.77. The van der Waals surface area contributed by atoms with Crippen molar-refractivity contribution in [2.75, 3.05) is 6.61 Å². The maximum atomic E-state index is 12.9. The molecule has 1 aromatic rings. The normalized spacial score (nSPS) is 13.2. The summed E-state index contributed by atoms with van der Waals surface area (Å²) in [5.74, 6) is -3.56. The Morgan fingerprint density at radius 1 is 1.27 bits per heavy atom. The fourth-order valence-corrected chi connectivity index (χ4v) is 0.923. The highest BCUT2D eigenvalue weighted by atomic mass is 19.4. The van der Waals surface area contributed by atoms with Gasteiger partial charge in [-0.25, -0.2) is 0 Å². The summed E-state index contributed by atoms with van der Waals surface area (Å²) in [4.78, 5) is 0. The van der Waals surface area contributed by atoms with Crippen LogP contribution >= 0.6 is 0 Å². The van der Waals surface area contributed by atoms with Gasteiger partial charge < -0.3 is 5.11 Å². The summed E-state index contributed by atoms with van der Waals surface area (Å²) in [6.45, 7) is -0.832. The topological polar surface area (TPSA) is 48.9 Å². The van der Waals surface area contributed by atoms with Crippen LogP contribution in [-0.2, 0) is 12.1 Å². The van der Waals surface area contributed by atoms with Crippen molar-refractivity contribution in [1.82, 2.24) is 10.2 Å². The Hall–Kier alpha value is -1.18. The van der Waals surface area contributed by atoms with E-state index >= 15 is 0 Å². The molecular formula is C7H7F5N2O. The smallest absolute Gasteiger partial charge is 0.396 e. The van der Waals surface area contributed by atoms with E-state index in [0.29, 0.717) is 0 Å². The van der Waals surface area contributed by atoms with Gasteiger partial charge >= 0.3 is 6.18 Å². The van der Waals surface area contributed by atoms with Gasteiger partial charge in [0.2, 0.25) is 0 Å². The average molecular weight is 230 g/mol. The fraction of sp³-hybridized carbons (Fsp3) is 0.571. The van der Waals surface area contributed by atoms with E-state index in [9.17, 15) is 22.0 Å². The molecule has 0 bridgehead atoms. The van der Waals surface area contributed by atoms with E-state index in [-0.39, 0.29) is 6.07 Å². The summed E-state index contributed by atoms with van der Waals surface area (Å²) >= 11 is 0. The molecule has 0 aliphatic rings. The maximum Gasteiger partial charge on any atom is 0.432 e. The van der Waals surface area contributed by atoms with Gasteiger partial charge in [-0.2, -0.15) is 27.1 Å². The molecule has 0 saturated heterocycles. The maximum absolute atomic E-state index is 12.9. The molecule has 15 heavy (non-hydrogen) atoms. The molecule has 0 aliphatic carbocycles. The summed E-state index contributed by atoms with van der Waals surface area (Å²) < 4.78 is 61.9. The van der Waals surface area contributed by atoms with Crippen LogP contribution in [0.4, 0.5) is 22.0 Å². The molecule has 1 heterocycles. The molecule has 1 aromatic heterocycles. The Balaban J connectivity index is 2.94. The highest BCUT2D eigenvalue weighted by Gasteiger charge is 2.39. The van der Waals surface area contributed by atoms with Crippen LogP contribution < -0.4 is 0 Å². The quantitative estimate of drug-likeness (QED) is 0.779. The molecule has 2 N–H and O–H groups in total. The van der Waals surface area contributed by atoms with Gasteiger partial charge in [-0.15, -0.1) is 0 Å². The monoisotopic (exact) mass is 230 g/mol. The molecule has 0 unspecified atom stereocenters. The van der Waals surface area contributed by atoms with E-state index in [0.717, 1.165) is 0 Å². The van der Waals surface area contributed by atoms with Crippen LogP contribution in [0, 0.1) is 0 Å². The van der Waals surface area contributed by atoms with E-state index in [4.69, 9.17) is 5.11 Å². The molecule has 0 aromatic carbocycles. The highest BCUT2D eigenvalue weighted by Crippen LogP contribution is 2.34. The number of alkyl halides is 5. The van der Waals surface area contributed by atoms with Crippen LogP contribution in [0.15, 0.2) is 6.07 Å². The summed E-state index contributed by atoms with van der Waals surface area (Å²) in [6.07, 6.45) is -5.70. The van der Waals surface area contributed by atoms with Crippen molar-refractivity contribution in [3.63, 3.8) is 0 Å². The van der Waals surface area contributed by atoms with Crippen LogP contribution in [0.2, 0.25) is 0 Å². The van der Waals surface area contributed by atoms with Crippen LogP contribution in [0.3, 0.4) is 0 Å². The third-order valence-electron chi connectivity index (χ3n) is 1.68. The Morgan fingerprint density at radius 2 is 1.87 bits per heavy atom. The van der Waals surface area contributed by atoms with E-state index < -0.39 is 36.5 Å². The van der Waals surface area contributed by atoms with Crippen LogP contribution in [0.5, 0.6) is 0 Å². The zero-order chi connectivity index (χ0) is 11.7. The molecule has 0 spiro atoms. The molecule has 0 fully saturated rings. The standard InChI is InChI=1S/C7H7F5N2O/c8-6(9,1-2-15)4-3-5(14-13-4)7(10,11)12/h3,15H,1-2H2,(H,13,14). The molecule has 0 atom stereocenters. The molecule has 0 radical (unpaired) electrons. The summed E-state index contributed by atoms with van der Waals surface area (Å²) in [5.41, 5.74) is -2.36. The lowest BCUT2D eigenvalue weighted by Crippen LogP contribution is -2.15. The Bertz CT molecular complexity index is 332. The van der Waals surface area contributed by atoms with E-state index in [1.807, 2.05) is 0 Å². The number of nitrogens with zero attached hydrogens (tertiary/aromatic N) is 1. The van der Waals surface area contributed by atoms with Gasteiger partial charge in [0.15, 0.2) is 0 Å². The van der Waals surface area contributed by atoms with Crippen LogP contribution in [0.1, 0.15) is 17.8 Å². The van der Waals surface area contributed by atoms with Crippen molar-refractivity contribution in [2.24, 2.45) is 0 Å². The Morgan fingerprint density at radius 3 is 2.27 bits per heavy atom. The molecule has 8 heteroatoms. The van der Waals surface area contributed by atoms with Gasteiger partial charge in [-0.05, 0) is 6.07 Å². The summed E-state index contributed by atoms with van der Waals surface area (Å²) in [5, 5.41) is 12.6. The zero-order valence-electron chi connectivity index (χ0n) is 7.28. The van der Waals surface area contributed by atoms with Crippen molar-refractivity contribution < 1.29 is 27.1 Å². The third kappa shape index (κ3) is 2.65. The number of hydrogen-bond donors (Lipinski definition) is 2. The van der Waals surface area contributed by atoms with Crippen molar-refractivity contribution in [2.45, 2.75) is 18.5 Å². The average Bonchev–Trinajstić information content (AvgIpc) is 2.50. The molecular weight excluding hydrogens is 223 g/mol. The number of aromatic nitrogens is 2. The molecule has 0 amide bonds. The minimum absolute atomic E-state index is 0.232. The second-order valence-corrected chi connectivity index (χ2v) is 2.84. The van der Waals surface area contributed by atoms with Crippen molar-refractivity contribution in [1.29, 1.82) is 0 Å². The largest absolute Gasteiger partial charge is 0.432 e. The predicted octanol–water partition coefficient (Wildman–Crippen LogP) is 1.90.